The maximum atomic E-state index is 13.3. The first-order valence-corrected chi connectivity index (χ1v) is 13.2. The lowest BCUT2D eigenvalue weighted by molar-refractivity contribution is -0.137. The van der Waals surface area contributed by atoms with Crippen LogP contribution >= 0.6 is 36.4 Å². The minimum Gasteiger partial charge on any atom is -0.448 e. The Labute approximate surface area is 245 Å². The molecule has 16 heteroatoms. The predicted octanol–water partition coefficient (Wildman–Crippen LogP) is 5.80. The fourth-order valence-corrected chi connectivity index (χ4v) is 5.01. The van der Waals surface area contributed by atoms with Gasteiger partial charge in [-0.25, -0.2) is 19.5 Å². The molecule has 2 heterocycles. The first-order chi connectivity index (χ1) is 17.8. The van der Waals surface area contributed by atoms with Gasteiger partial charge in [0.1, 0.15) is 11.6 Å². The van der Waals surface area contributed by atoms with Crippen LogP contribution < -0.4 is 4.72 Å². The average Bonchev–Trinajstić information content (AvgIpc) is 3.37. The summed E-state index contributed by atoms with van der Waals surface area (Å²) in [5, 5.41) is -0.708. The third kappa shape index (κ3) is 7.00. The van der Waals surface area contributed by atoms with Crippen molar-refractivity contribution in [2.75, 3.05) is 6.61 Å². The number of alkyl halides is 3. The zero-order valence-corrected chi connectivity index (χ0v) is 24.5. The zero-order chi connectivity index (χ0) is 27.8. The molecule has 0 bridgehead atoms. The van der Waals surface area contributed by atoms with Crippen molar-refractivity contribution in [3.63, 3.8) is 0 Å². The number of nitrogens with one attached hydrogen (secondary N) is 1. The van der Waals surface area contributed by atoms with E-state index in [1.165, 1.54) is 16.8 Å². The van der Waals surface area contributed by atoms with Gasteiger partial charge in [0.25, 0.3) is 10.0 Å². The number of rotatable bonds is 7. The van der Waals surface area contributed by atoms with E-state index < -0.39 is 32.9 Å². The molecule has 4 aromatic rings. The Morgan fingerprint density at radius 1 is 1.12 bits per heavy atom. The highest BCUT2D eigenvalue weighted by molar-refractivity contribution is 7.90. The maximum absolute atomic E-state index is 13.3. The number of hydrogen-bond acceptors (Lipinski definition) is 6. The number of halogens is 6. The lowest BCUT2D eigenvalue weighted by atomic mass is 10.1. The summed E-state index contributed by atoms with van der Waals surface area (Å²) in [7, 11) is -2.54. The van der Waals surface area contributed by atoms with E-state index in [4.69, 9.17) is 16.3 Å². The summed E-state index contributed by atoms with van der Waals surface area (Å²) in [5.74, 6) is 1.03. The molecule has 0 atom stereocenters. The van der Waals surface area contributed by atoms with Crippen molar-refractivity contribution in [1.82, 2.24) is 23.8 Å². The van der Waals surface area contributed by atoms with Gasteiger partial charge in [-0.05, 0) is 36.8 Å². The van der Waals surface area contributed by atoms with E-state index >= 15 is 0 Å². The minimum atomic E-state index is -4.59. The van der Waals surface area contributed by atoms with E-state index in [-0.39, 0.29) is 42.0 Å². The van der Waals surface area contributed by atoms with E-state index in [0.717, 1.165) is 11.6 Å². The van der Waals surface area contributed by atoms with Gasteiger partial charge in [0.2, 0.25) is 0 Å². The van der Waals surface area contributed by atoms with Crippen LogP contribution in [0.15, 0.2) is 47.6 Å². The molecular weight excluding hydrogens is 618 g/mol. The number of imidazole rings is 2. The molecular formula is C24H25Cl3F3N5O4S. The van der Waals surface area contributed by atoms with Crippen molar-refractivity contribution < 1.29 is 31.1 Å². The molecule has 0 saturated heterocycles. The standard InChI is InChI=1S/C24H23ClF3N5O4S.2ClH/c1-4-21-30-19-11-17(24(26,27)28)18(25)12-20(19)33(21)16-7-5-15(6-8-16)9-10-37-23(34)31-38(35,36)22-13-32(3)14(2)29-22;;/h5-8,11-13H,4,9-10H2,1-3H3,(H,31,34);2*1H. The van der Waals surface area contributed by atoms with E-state index in [2.05, 4.69) is 9.97 Å². The number of benzene rings is 2. The smallest absolute Gasteiger partial charge is 0.421 e. The number of nitrogens with zero attached hydrogens (tertiary/aromatic N) is 4. The second kappa shape index (κ2) is 12.7. The molecule has 0 aliphatic carbocycles. The van der Waals surface area contributed by atoms with Gasteiger partial charge in [0, 0.05) is 31.8 Å². The zero-order valence-electron chi connectivity index (χ0n) is 21.3. The summed E-state index contributed by atoms with van der Waals surface area (Å²) < 4.78 is 74.4. The van der Waals surface area contributed by atoms with Gasteiger partial charge in [-0.2, -0.15) is 21.6 Å². The SMILES string of the molecule is CCc1nc2cc(C(F)(F)F)c(Cl)cc2n1-c1ccc(CCOC(=O)NS(=O)(=O)c2cn(C)c(C)n2)cc1.Cl.Cl. The van der Waals surface area contributed by atoms with Crippen molar-refractivity contribution in [2.24, 2.45) is 7.05 Å². The Balaban J connectivity index is 0.00000280. The van der Waals surface area contributed by atoms with Crippen molar-refractivity contribution in [3.8, 4) is 5.69 Å². The molecule has 0 radical (unpaired) electrons. The fraction of sp³-hybridized carbons (Fsp3) is 0.292. The number of ether oxygens (including phenoxy) is 1. The minimum absolute atomic E-state index is 0. The van der Waals surface area contributed by atoms with E-state index in [1.54, 1.807) is 42.8 Å². The maximum Gasteiger partial charge on any atom is 0.421 e. The van der Waals surface area contributed by atoms with Gasteiger partial charge in [-0.15, -0.1) is 24.8 Å². The first kappa shape index (κ1) is 33.2. The van der Waals surface area contributed by atoms with Crippen LogP contribution in [0, 0.1) is 6.92 Å². The molecule has 0 fully saturated rings. The van der Waals surface area contributed by atoms with Crippen LogP contribution in [0.4, 0.5) is 18.0 Å². The molecule has 9 nitrogen and oxygen atoms in total. The second-order valence-electron chi connectivity index (χ2n) is 8.43. The van der Waals surface area contributed by atoms with Crippen LogP contribution in [0.2, 0.25) is 5.02 Å². The van der Waals surface area contributed by atoms with Crippen LogP contribution in [-0.4, -0.2) is 40.2 Å². The largest absolute Gasteiger partial charge is 0.448 e. The first-order valence-electron chi connectivity index (χ1n) is 11.4. The van der Waals surface area contributed by atoms with E-state index in [9.17, 15) is 26.4 Å². The van der Waals surface area contributed by atoms with Crippen molar-refractivity contribution in [2.45, 2.75) is 37.9 Å². The Kier molecular flexibility index (Phi) is 10.5. The summed E-state index contributed by atoms with van der Waals surface area (Å²) in [6.45, 7) is 3.38. The summed E-state index contributed by atoms with van der Waals surface area (Å²) in [4.78, 5) is 20.2. The molecule has 0 unspecified atom stereocenters. The van der Waals surface area contributed by atoms with Crippen molar-refractivity contribution >= 4 is 63.6 Å². The number of fused-ring (bicyclic) bond motifs is 1. The molecule has 4 rings (SSSR count). The third-order valence-corrected chi connectivity index (χ3v) is 7.33. The number of aryl methyl sites for hydroxylation is 3. The second-order valence-corrected chi connectivity index (χ2v) is 10.5. The van der Waals surface area contributed by atoms with Crippen molar-refractivity contribution in [1.29, 1.82) is 0 Å². The number of hydrogen-bond donors (Lipinski definition) is 1. The molecule has 1 amide bonds. The van der Waals surface area contributed by atoms with E-state index in [0.29, 0.717) is 35.7 Å². The van der Waals surface area contributed by atoms with Crippen LogP contribution in [-0.2, 0) is 40.8 Å². The van der Waals surface area contributed by atoms with Gasteiger partial charge in [0.15, 0.2) is 5.03 Å². The quantitative estimate of drug-likeness (QED) is 0.273. The molecule has 2 aromatic carbocycles. The Bertz CT molecular complexity index is 1600. The number of carbonyl (C=O) groups excluding carboxylic acids is 1. The summed E-state index contributed by atoms with van der Waals surface area (Å²) >= 11 is 5.94. The highest BCUT2D eigenvalue weighted by Crippen LogP contribution is 2.37. The highest BCUT2D eigenvalue weighted by Gasteiger charge is 2.34. The van der Waals surface area contributed by atoms with E-state index in [1.807, 2.05) is 11.6 Å². The fourth-order valence-electron chi connectivity index (χ4n) is 3.81. The topological polar surface area (TPSA) is 108 Å². The summed E-state index contributed by atoms with van der Waals surface area (Å²) in [6.07, 6.45) is -3.67. The number of sulfonamides is 1. The van der Waals surface area contributed by atoms with Gasteiger partial charge in [-0.3, -0.25) is 4.57 Å². The highest BCUT2D eigenvalue weighted by atomic mass is 35.5. The number of carbonyl (C=O) groups is 1. The van der Waals surface area contributed by atoms with Gasteiger partial charge >= 0.3 is 12.3 Å². The average molecular weight is 643 g/mol. The molecule has 0 saturated carbocycles. The molecule has 0 spiro atoms. The number of amides is 1. The Hall–Kier alpha value is -3.00. The van der Waals surface area contributed by atoms with Gasteiger partial charge < -0.3 is 9.30 Å². The van der Waals surface area contributed by atoms with Crippen LogP contribution in [0.3, 0.4) is 0 Å². The monoisotopic (exact) mass is 641 g/mol. The Morgan fingerprint density at radius 3 is 2.33 bits per heavy atom. The normalized spacial score (nSPS) is 11.6. The third-order valence-electron chi connectivity index (χ3n) is 5.83. The summed E-state index contributed by atoms with van der Waals surface area (Å²) in [5.41, 5.74) is 1.13. The van der Waals surface area contributed by atoms with Crippen LogP contribution in [0.5, 0.6) is 0 Å². The van der Waals surface area contributed by atoms with Gasteiger partial charge in [-0.1, -0.05) is 30.7 Å². The molecule has 1 N–H and O–H groups in total. The van der Waals surface area contributed by atoms with Gasteiger partial charge in [0.05, 0.1) is 28.2 Å². The molecule has 218 valence electrons. The lowest BCUT2D eigenvalue weighted by Crippen LogP contribution is -2.31. The summed E-state index contributed by atoms with van der Waals surface area (Å²) in [6, 6.07) is 9.25. The Morgan fingerprint density at radius 2 is 1.77 bits per heavy atom. The predicted molar refractivity (Wildman–Crippen MR) is 148 cm³/mol. The molecule has 2 aromatic heterocycles. The number of aromatic nitrogens is 4. The van der Waals surface area contributed by atoms with Crippen LogP contribution in [0.1, 0.15) is 29.7 Å². The molecule has 40 heavy (non-hydrogen) atoms. The lowest BCUT2D eigenvalue weighted by Gasteiger charge is -2.12. The molecule has 0 aliphatic heterocycles. The molecule has 0 aliphatic rings. The van der Waals surface area contributed by atoms with Crippen molar-refractivity contribution in [3.05, 3.63) is 70.4 Å². The van der Waals surface area contributed by atoms with Crippen LogP contribution in [0.25, 0.3) is 16.7 Å².